The average molecular weight is 837 g/mol. The van der Waals surface area contributed by atoms with Gasteiger partial charge in [0.25, 0.3) is 0 Å². The van der Waals surface area contributed by atoms with Crippen LogP contribution in [0.4, 0.5) is 0 Å². The lowest BCUT2D eigenvalue weighted by molar-refractivity contribution is -0.167. The first kappa shape index (κ1) is 56.9. The van der Waals surface area contributed by atoms with E-state index in [1.54, 1.807) is 0 Å². The summed E-state index contributed by atoms with van der Waals surface area (Å²) in [4.78, 5) is 37.9. The molecule has 60 heavy (non-hydrogen) atoms. The summed E-state index contributed by atoms with van der Waals surface area (Å²) in [6.07, 6.45) is 60.3. The minimum atomic E-state index is -0.799. The minimum Gasteiger partial charge on any atom is -0.462 e. The fourth-order valence-corrected chi connectivity index (χ4v) is 6.73. The Labute approximate surface area is 370 Å². The van der Waals surface area contributed by atoms with Crippen LogP contribution < -0.4 is 0 Å². The summed E-state index contributed by atoms with van der Waals surface area (Å²) in [6, 6.07) is 0. The fraction of sp³-hybridized carbons (Fsp3) is 0.722. The first-order valence-electron chi connectivity index (χ1n) is 25.0. The first-order chi connectivity index (χ1) is 29.5. The molecule has 0 saturated heterocycles. The quantitative estimate of drug-likeness (QED) is 0.0200. The minimum absolute atomic E-state index is 0.0966. The number of rotatable bonds is 44. The van der Waals surface area contributed by atoms with Gasteiger partial charge in [0.2, 0.25) is 0 Å². The third-order valence-corrected chi connectivity index (χ3v) is 10.5. The van der Waals surface area contributed by atoms with Gasteiger partial charge in [-0.3, -0.25) is 14.4 Å². The first-order valence-corrected chi connectivity index (χ1v) is 25.0. The van der Waals surface area contributed by atoms with E-state index in [-0.39, 0.29) is 31.1 Å². The number of esters is 3. The molecule has 0 aromatic carbocycles. The highest BCUT2D eigenvalue weighted by Crippen LogP contribution is 2.14. The molecule has 0 aromatic rings. The van der Waals surface area contributed by atoms with Gasteiger partial charge in [0.05, 0.1) is 0 Å². The maximum Gasteiger partial charge on any atom is 0.306 e. The second-order valence-electron chi connectivity index (χ2n) is 16.4. The number of unbranched alkanes of at least 4 members (excludes halogenated alkanes) is 24. The molecule has 0 aromatic heterocycles. The Bertz CT molecular complexity index is 1140. The lowest BCUT2D eigenvalue weighted by atomic mass is 10.1. The van der Waals surface area contributed by atoms with Crippen molar-refractivity contribution < 1.29 is 28.6 Å². The fourth-order valence-electron chi connectivity index (χ4n) is 6.73. The predicted molar refractivity (Wildman–Crippen MR) is 256 cm³/mol. The molecule has 0 saturated carbocycles. The molecule has 0 heterocycles. The van der Waals surface area contributed by atoms with E-state index in [0.29, 0.717) is 19.3 Å². The Balaban J connectivity index is 4.46. The van der Waals surface area contributed by atoms with E-state index >= 15 is 0 Å². The van der Waals surface area contributed by atoms with Crippen LogP contribution in [0.1, 0.15) is 233 Å². The highest BCUT2D eigenvalue weighted by Gasteiger charge is 2.19. The molecule has 1 atom stereocenters. The number of allylic oxidation sites excluding steroid dienone is 12. The molecule has 0 rings (SSSR count). The topological polar surface area (TPSA) is 78.9 Å². The lowest BCUT2D eigenvalue weighted by Crippen LogP contribution is -2.30. The van der Waals surface area contributed by atoms with Gasteiger partial charge >= 0.3 is 17.9 Å². The third-order valence-electron chi connectivity index (χ3n) is 10.5. The van der Waals surface area contributed by atoms with Crippen molar-refractivity contribution in [2.75, 3.05) is 13.2 Å². The molecular formula is C54H92O6. The van der Waals surface area contributed by atoms with Gasteiger partial charge in [-0.25, -0.2) is 0 Å². The van der Waals surface area contributed by atoms with Crippen molar-refractivity contribution in [1.29, 1.82) is 0 Å². The van der Waals surface area contributed by atoms with E-state index < -0.39 is 6.10 Å². The second kappa shape index (κ2) is 48.5. The van der Waals surface area contributed by atoms with Gasteiger partial charge in [-0.2, -0.15) is 0 Å². The zero-order valence-corrected chi connectivity index (χ0v) is 39.2. The Kier molecular flexibility index (Phi) is 46.0. The molecule has 0 amide bonds. The van der Waals surface area contributed by atoms with Crippen molar-refractivity contribution in [2.45, 2.75) is 239 Å². The normalized spacial score (nSPS) is 12.7. The van der Waals surface area contributed by atoms with Crippen LogP contribution in [0.2, 0.25) is 0 Å². The summed E-state index contributed by atoms with van der Waals surface area (Å²) < 4.78 is 16.7. The molecule has 344 valence electrons. The van der Waals surface area contributed by atoms with Gasteiger partial charge in [0, 0.05) is 19.3 Å². The zero-order chi connectivity index (χ0) is 43.7. The third kappa shape index (κ3) is 45.9. The number of hydrogen-bond acceptors (Lipinski definition) is 6. The molecule has 0 aliphatic rings. The van der Waals surface area contributed by atoms with Crippen LogP contribution in [0.3, 0.4) is 0 Å². The molecule has 0 fully saturated rings. The van der Waals surface area contributed by atoms with Crippen LogP contribution in [0.5, 0.6) is 0 Å². The van der Waals surface area contributed by atoms with Crippen molar-refractivity contribution in [3.63, 3.8) is 0 Å². The summed E-state index contributed by atoms with van der Waals surface area (Å²) in [5.41, 5.74) is 0. The van der Waals surface area contributed by atoms with Gasteiger partial charge in [0.1, 0.15) is 13.2 Å². The van der Waals surface area contributed by atoms with Gasteiger partial charge in [-0.15, -0.1) is 0 Å². The summed E-state index contributed by atoms with van der Waals surface area (Å²) in [5, 5.41) is 0. The van der Waals surface area contributed by atoms with Crippen molar-refractivity contribution in [1.82, 2.24) is 0 Å². The molecule has 1 unspecified atom stereocenters. The summed E-state index contributed by atoms with van der Waals surface area (Å²) >= 11 is 0. The van der Waals surface area contributed by atoms with Gasteiger partial charge in [-0.1, -0.05) is 196 Å². The zero-order valence-electron chi connectivity index (χ0n) is 39.2. The van der Waals surface area contributed by atoms with E-state index in [2.05, 4.69) is 57.2 Å². The summed E-state index contributed by atoms with van der Waals surface area (Å²) in [6.45, 7) is 6.42. The molecule has 0 aliphatic heterocycles. The number of ether oxygens (including phenoxy) is 3. The van der Waals surface area contributed by atoms with Crippen molar-refractivity contribution in [2.24, 2.45) is 0 Å². The Morgan fingerprint density at radius 2 is 0.667 bits per heavy atom. The molecule has 6 nitrogen and oxygen atoms in total. The Morgan fingerprint density at radius 3 is 1.10 bits per heavy atom. The molecule has 0 aliphatic carbocycles. The monoisotopic (exact) mass is 837 g/mol. The number of carbonyl (C=O) groups excluding carboxylic acids is 3. The maximum absolute atomic E-state index is 12.8. The predicted octanol–water partition coefficient (Wildman–Crippen LogP) is 16.3. The van der Waals surface area contributed by atoms with Gasteiger partial charge in [-0.05, 0) is 89.9 Å². The van der Waals surface area contributed by atoms with Crippen LogP contribution in [-0.4, -0.2) is 37.2 Å². The number of carbonyl (C=O) groups is 3. The Morgan fingerprint density at radius 1 is 0.350 bits per heavy atom. The van der Waals surface area contributed by atoms with Crippen LogP contribution in [0.25, 0.3) is 0 Å². The summed E-state index contributed by atoms with van der Waals surface area (Å²) in [7, 11) is 0. The van der Waals surface area contributed by atoms with Crippen molar-refractivity contribution in [3.05, 3.63) is 72.9 Å². The highest BCUT2D eigenvalue weighted by molar-refractivity contribution is 5.71. The van der Waals surface area contributed by atoms with Crippen LogP contribution in [-0.2, 0) is 28.6 Å². The smallest absolute Gasteiger partial charge is 0.306 e. The van der Waals surface area contributed by atoms with E-state index in [0.717, 1.165) is 83.5 Å². The van der Waals surface area contributed by atoms with Crippen molar-refractivity contribution in [3.8, 4) is 0 Å². The SMILES string of the molecule is CC/C=C/C=C/C=C/C=C/CCCCCC(=O)OCC(COC(=O)CCCCCCCCC/C=C/CCCCCC)OC(=O)CCCCC/C=C/CCCCCCCCC. The molecule has 0 N–H and O–H groups in total. The molecule has 0 spiro atoms. The van der Waals surface area contributed by atoms with E-state index in [4.69, 9.17) is 14.2 Å². The molecular weight excluding hydrogens is 745 g/mol. The van der Waals surface area contributed by atoms with E-state index in [1.807, 2.05) is 36.5 Å². The van der Waals surface area contributed by atoms with E-state index in [9.17, 15) is 14.4 Å². The largest absolute Gasteiger partial charge is 0.462 e. The molecule has 0 bridgehead atoms. The van der Waals surface area contributed by atoms with Crippen LogP contribution in [0, 0.1) is 0 Å². The summed E-state index contributed by atoms with van der Waals surface area (Å²) in [5.74, 6) is -0.958. The van der Waals surface area contributed by atoms with Crippen LogP contribution >= 0.6 is 0 Å². The maximum atomic E-state index is 12.8. The van der Waals surface area contributed by atoms with Crippen LogP contribution in [0.15, 0.2) is 72.9 Å². The van der Waals surface area contributed by atoms with Gasteiger partial charge in [0.15, 0.2) is 6.10 Å². The average Bonchev–Trinajstić information content (AvgIpc) is 3.24. The standard InChI is InChI=1S/C54H92O6/c1-4-7-10-13-16-19-22-25-27-30-32-35-38-41-44-47-53(56)59-50-51(49-58-52(55)46-43-40-37-34-31-28-24-21-18-15-12-9-6-3)60-54(57)48-45-42-39-36-33-29-26-23-20-17-14-11-8-5-2/h9,12,15,18-19,21-22,24,28-29,31,33,51H,4-8,10-11,13-14,16-17,20,23,25-27,30,32,34-50H2,1-3H3/b12-9+,18-15+,22-19+,24-21+,31-28+,33-29+. The van der Waals surface area contributed by atoms with E-state index in [1.165, 1.54) is 109 Å². The Hall–Kier alpha value is -3.15. The molecule has 0 radical (unpaired) electrons. The number of hydrogen-bond donors (Lipinski definition) is 0. The molecule has 6 heteroatoms. The second-order valence-corrected chi connectivity index (χ2v) is 16.4. The highest BCUT2D eigenvalue weighted by atomic mass is 16.6. The van der Waals surface area contributed by atoms with Gasteiger partial charge < -0.3 is 14.2 Å². The lowest BCUT2D eigenvalue weighted by Gasteiger charge is -2.18. The van der Waals surface area contributed by atoms with Crippen molar-refractivity contribution >= 4 is 17.9 Å².